The van der Waals surface area contributed by atoms with Crippen LogP contribution in [0.2, 0.25) is 0 Å². The maximum absolute atomic E-state index is 12.1. The van der Waals surface area contributed by atoms with Crippen LogP contribution in [-0.4, -0.2) is 12.6 Å². The summed E-state index contributed by atoms with van der Waals surface area (Å²) >= 11 is 0. The van der Waals surface area contributed by atoms with E-state index in [1.54, 1.807) is 0 Å². The van der Waals surface area contributed by atoms with Crippen LogP contribution in [0, 0.1) is 0 Å². The van der Waals surface area contributed by atoms with Crippen LogP contribution >= 0.6 is 0 Å². The smallest absolute Gasteiger partial charge is 0.306 e. The zero-order valence-corrected chi connectivity index (χ0v) is 34.2. The molecule has 2 heteroatoms. The molecule has 0 aliphatic heterocycles. The van der Waals surface area contributed by atoms with Crippen LogP contribution in [0.15, 0.2) is 142 Å². The Morgan fingerprint density at radius 1 is 0.451 bits per heavy atom. The maximum Gasteiger partial charge on any atom is 0.306 e. The number of hydrogen-bond donors (Lipinski definition) is 0. The lowest BCUT2D eigenvalue weighted by atomic mass is 10.1. The second-order valence-corrected chi connectivity index (χ2v) is 14.3. The van der Waals surface area contributed by atoms with E-state index in [1.165, 1.54) is 85.7 Å². The molecular formula is C49H74O2. The van der Waals surface area contributed by atoms with Crippen LogP contribution in [0.5, 0.6) is 0 Å². The molecule has 0 heterocycles. The van der Waals surface area contributed by atoms with Gasteiger partial charge in [-0.1, -0.05) is 208 Å². The zero-order valence-electron chi connectivity index (χ0n) is 34.2. The summed E-state index contributed by atoms with van der Waals surface area (Å²) in [4.78, 5) is 12.1. The minimum atomic E-state index is -0.0861. The molecule has 0 N–H and O–H groups in total. The van der Waals surface area contributed by atoms with Crippen LogP contribution in [0.4, 0.5) is 0 Å². The second-order valence-electron chi connectivity index (χ2n) is 14.3. The van der Waals surface area contributed by atoms with Gasteiger partial charge < -0.3 is 4.74 Å². The molecule has 0 rings (SSSR count). The zero-order chi connectivity index (χ0) is 38.0. The minimum Gasteiger partial charge on any atom is -0.461 e. The SMILES string of the molecule is CCCCCCCCCCCCCC(=O)OC/C(C)=C/C=C/C(C)=C/C=C/C(C)=C/C=C/C=C(C)/C=C/C=C(C)/C=C/C=C(\C)CCC=C(C)C. The molecule has 0 bridgehead atoms. The summed E-state index contributed by atoms with van der Waals surface area (Å²) in [7, 11) is 0. The van der Waals surface area contributed by atoms with Crippen LogP contribution < -0.4 is 0 Å². The third kappa shape index (κ3) is 34.6. The maximum atomic E-state index is 12.1. The lowest BCUT2D eigenvalue weighted by Crippen LogP contribution is -2.06. The van der Waals surface area contributed by atoms with Crippen molar-refractivity contribution in [2.45, 2.75) is 152 Å². The molecule has 0 saturated heterocycles. The van der Waals surface area contributed by atoms with Crippen molar-refractivity contribution in [3.63, 3.8) is 0 Å². The number of rotatable bonds is 27. The lowest BCUT2D eigenvalue weighted by Gasteiger charge is -2.05. The fourth-order valence-corrected chi connectivity index (χ4v) is 4.99. The van der Waals surface area contributed by atoms with Crippen LogP contribution in [0.25, 0.3) is 0 Å². The van der Waals surface area contributed by atoms with Gasteiger partial charge in [-0.15, -0.1) is 0 Å². The Bertz CT molecular complexity index is 1320. The Morgan fingerprint density at radius 2 is 0.843 bits per heavy atom. The monoisotopic (exact) mass is 695 g/mol. The largest absolute Gasteiger partial charge is 0.461 e. The molecule has 0 aromatic heterocycles. The molecule has 0 radical (unpaired) electrons. The van der Waals surface area contributed by atoms with E-state index in [-0.39, 0.29) is 5.97 Å². The topological polar surface area (TPSA) is 26.3 Å². The van der Waals surface area contributed by atoms with Crippen molar-refractivity contribution >= 4 is 5.97 Å². The van der Waals surface area contributed by atoms with Gasteiger partial charge in [-0.3, -0.25) is 4.79 Å². The molecule has 0 unspecified atom stereocenters. The predicted octanol–water partition coefficient (Wildman–Crippen LogP) is 15.4. The summed E-state index contributed by atoms with van der Waals surface area (Å²) in [6.07, 6.45) is 52.8. The molecule has 0 aromatic carbocycles. The molecular weight excluding hydrogens is 621 g/mol. The average Bonchev–Trinajstić information content (AvgIpc) is 3.08. The number of ether oxygens (including phenoxy) is 1. The van der Waals surface area contributed by atoms with Crippen molar-refractivity contribution in [3.05, 3.63) is 142 Å². The number of unbranched alkanes of at least 4 members (excludes halogenated alkanes) is 10. The van der Waals surface area contributed by atoms with Gasteiger partial charge in [0.15, 0.2) is 0 Å². The first kappa shape index (κ1) is 47.4. The van der Waals surface area contributed by atoms with Crippen molar-refractivity contribution in [2.75, 3.05) is 6.61 Å². The standard InChI is InChI=1S/C49H74O2/c1-10-11-12-13-14-15-16-17-18-19-20-40-49(50)51-41-48(9)39-27-38-47(8)36-25-33-44(5)30-22-21-29-43(4)32-24-35-46(7)37-26-34-45(6)31-23-28-42(2)3/h21-22,24-30,32-39H,10-20,23,31,40-41H2,1-9H3/b22-21+,32-24+,33-25+,37-26+,38-27+,43-29+,44-30+,45-34+,46-35+,47-36+,48-39+. The van der Waals surface area contributed by atoms with Crippen molar-refractivity contribution < 1.29 is 9.53 Å². The molecule has 0 amide bonds. The quantitative estimate of drug-likeness (QED) is 0.0370. The molecule has 51 heavy (non-hydrogen) atoms. The Morgan fingerprint density at radius 3 is 1.29 bits per heavy atom. The Balaban J connectivity index is 4.42. The van der Waals surface area contributed by atoms with Gasteiger partial charge in [0.2, 0.25) is 0 Å². The lowest BCUT2D eigenvalue weighted by molar-refractivity contribution is -0.142. The minimum absolute atomic E-state index is 0.0861. The Kier molecular flexibility index (Phi) is 31.1. The van der Waals surface area contributed by atoms with Crippen LogP contribution in [-0.2, 0) is 9.53 Å². The van der Waals surface area contributed by atoms with Crippen molar-refractivity contribution in [2.24, 2.45) is 0 Å². The fraction of sp³-hybridized carbons (Fsp3) is 0.490. The molecule has 0 fully saturated rings. The number of carbonyl (C=O) groups excluding carboxylic acids is 1. The van der Waals surface area contributed by atoms with Gasteiger partial charge >= 0.3 is 5.97 Å². The van der Waals surface area contributed by atoms with Crippen molar-refractivity contribution in [3.8, 4) is 0 Å². The molecule has 282 valence electrons. The molecule has 2 nitrogen and oxygen atoms in total. The molecule has 0 spiro atoms. The van der Waals surface area contributed by atoms with Gasteiger partial charge in [0.05, 0.1) is 0 Å². The van der Waals surface area contributed by atoms with E-state index in [0.717, 1.165) is 36.8 Å². The van der Waals surface area contributed by atoms with E-state index in [4.69, 9.17) is 4.74 Å². The summed E-state index contributed by atoms with van der Waals surface area (Å²) in [5.41, 5.74) is 8.57. The summed E-state index contributed by atoms with van der Waals surface area (Å²) in [5.74, 6) is -0.0861. The summed E-state index contributed by atoms with van der Waals surface area (Å²) in [6, 6.07) is 0. The highest BCUT2D eigenvalue weighted by Crippen LogP contribution is 2.13. The summed E-state index contributed by atoms with van der Waals surface area (Å²) in [5, 5.41) is 0. The number of allylic oxidation sites excluding steroid dienone is 23. The fourth-order valence-electron chi connectivity index (χ4n) is 4.99. The molecule has 0 aliphatic rings. The number of hydrogen-bond acceptors (Lipinski definition) is 2. The first-order valence-corrected chi connectivity index (χ1v) is 19.7. The van der Waals surface area contributed by atoms with Crippen molar-refractivity contribution in [1.29, 1.82) is 0 Å². The van der Waals surface area contributed by atoms with E-state index in [0.29, 0.717) is 13.0 Å². The molecule has 0 atom stereocenters. The summed E-state index contributed by atoms with van der Waals surface area (Å²) in [6.45, 7) is 19.5. The Labute approximate surface area is 315 Å². The van der Waals surface area contributed by atoms with E-state index in [1.807, 2.05) is 19.1 Å². The second kappa shape index (κ2) is 33.5. The number of carbonyl (C=O) groups is 1. The van der Waals surface area contributed by atoms with Crippen LogP contribution in [0.1, 0.15) is 152 Å². The highest BCUT2D eigenvalue weighted by atomic mass is 16.5. The summed E-state index contributed by atoms with van der Waals surface area (Å²) < 4.78 is 5.46. The Hall–Kier alpha value is -3.65. The first-order valence-electron chi connectivity index (χ1n) is 19.7. The molecule has 0 aromatic rings. The highest BCUT2D eigenvalue weighted by Gasteiger charge is 2.03. The van der Waals surface area contributed by atoms with E-state index < -0.39 is 0 Å². The third-order valence-electron chi connectivity index (χ3n) is 8.28. The van der Waals surface area contributed by atoms with Gasteiger partial charge in [-0.2, -0.15) is 0 Å². The van der Waals surface area contributed by atoms with Gasteiger partial charge in [-0.05, 0) is 80.2 Å². The van der Waals surface area contributed by atoms with Gasteiger partial charge in [-0.25, -0.2) is 0 Å². The predicted molar refractivity (Wildman–Crippen MR) is 229 cm³/mol. The van der Waals surface area contributed by atoms with Crippen molar-refractivity contribution in [1.82, 2.24) is 0 Å². The first-order chi connectivity index (χ1) is 24.5. The van der Waals surface area contributed by atoms with Gasteiger partial charge in [0, 0.05) is 6.42 Å². The van der Waals surface area contributed by atoms with Gasteiger partial charge in [0.1, 0.15) is 6.61 Å². The van der Waals surface area contributed by atoms with Crippen LogP contribution in [0.3, 0.4) is 0 Å². The third-order valence-corrected chi connectivity index (χ3v) is 8.28. The average molecular weight is 695 g/mol. The molecule has 0 saturated carbocycles. The van der Waals surface area contributed by atoms with E-state index >= 15 is 0 Å². The van der Waals surface area contributed by atoms with E-state index in [9.17, 15) is 4.79 Å². The highest BCUT2D eigenvalue weighted by molar-refractivity contribution is 5.69. The van der Waals surface area contributed by atoms with Gasteiger partial charge in [0.25, 0.3) is 0 Å². The van der Waals surface area contributed by atoms with E-state index in [2.05, 4.69) is 147 Å². The normalized spacial score (nSPS) is 14.4. The molecule has 0 aliphatic carbocycles. The number of esters is 1.